The maximum atomic E-state index is 12.5. The van der Waals surface area contributed by atoms with Crippen LogP contribution in [0.2, 0.25) is 0 Å². The van der Waals surface area contributed by atoms with Crippen LogP contribution in [0.5, 0.6) is 0 Å². The molecular weight excluding hydrogens is 292 g/mol. The fourth-order valence-electron chi connectivity index (χ4n) is 2.94. The van der Waals surface area contributed by atoms with E-state index in [0.717, 1.165) is 24.0 Å². The number of imide groups is 1. The molecule has 118 valence electrons. The largest absolute Gasteiger partial charge is 0.322 e. The number of nitrogens with zero attached hydrogens (tertiary/aromatic N) is 1. The predicted octanol–water partition coefficient (Wildman–Crippen LogP) is 1.60. The lowest BCUT2D eigenvalue weighted by Gasteiger charge is -2.29. The van der Waals surface area contributed by atoms with Gasteiger partial charge in [0.1, 0.15) is 6.04 Å². The summed E-state index contributed by atoms with van der Waals surface area (Å²) in [5.41, 5.74) is 2.40. The van der Waals surface area contributed by atoms with E-state index in [9.17, 15) is 14.4 Å². The summed E-state index contributed by atoms with van der Waals surface area (Å²) in [7, 11) is 0. The molecule has 5 nitrogen and oxygen atoms in total. The second-order valence-corrected chi connectivity index (χ2v) is 5.82. The van der Waals surface area contributed by atoms with Gasteiger partial charge in [-0.05, 0) is 36.6 Å². The molecule has 1 aromatic carbocycles. The molecule has 0 aromatic heterocycles. The van der Waals surface area contributed by atoms with Gasteiger partial charge in [-0.3, -0.25) is 19.7 Å². The van der Waals surface area contributed by atoms with Crippen LogP contribution in [0.25, 0.3) is 0 Å². The van der Waals surface area contributed by atoms with E-state index in [1.54, 1.807) is 11.0 Å². The summed E-state index contributed by atoms with van der Waals surface area (Å²) < 4.78 is 0. The van der Waals surface area contributed by atoms with Crippen molar-refractivity contribution < 1.29 is 14.4 Å². The van der Waals surface area contributed by atoms with Gasteiger partial charge in [0.25, 0.3) is 5.91 Å². The smallest absolute Gasteiger partial charge is 0.255 e. The Kier molecular flexibility index (Phi) is 4.16. The van der Waals surface area contributed by atoms with Gasteiger partial charge in [0.15, 0.2) is 0 Å². The van der Waals surface area contributed by atoms with Crippen LogP contribution in [0.15, 0.2) is 18.2 Å². The van der Waals surface area contributed by atoms with Crippen LogP contribution in [0.3, 0.4) is 0 Å². The van der Waals surface area contributed by atoms with Gasteiger partial charge in [-0.15, -0.1) is 0 Å². The lowest BCUT2D eigenvalue weighted by atomic mass is 10.0. The van der Waals surface area contributed by atoms with Gasteiger partial charge in [-0.1, -0.05) is 18.8 Å². The summed E-state index contributed by atoms with van der Waals surface area (Å²) in [6.07, 6.45) is 2.51. The van der Waals surface area contributed by atoms with Crippen molar-refractivity contribution in [1.29, 1.82) is 0 Å². The van der Waals surface area contributed by atoms with E-state index in [0.29, 0.717) is 18.5 Å². The number of hydrogen-bond acceptors (Lipinski definition) is 3. The van der Waals surface area contributed by atoms with Crippen molar-refractivity contribution in [3.63, 3.8) is 0 Å². The molecule has 1 unspecified atom stereocenters. The molecule has 5 heteroatoms. The Morgan fingerprint density at radius 3 is 2.87 bits per heavy atom. The molecule has 2 heterocycles. The van der Waals surface area contributed by atoms with Gasteiger partial charge in [-0.2, -0.15) is 0 Å². The summed E-state index contributed by atoms with van der Waals surface area (Å²) in [5, 5.41) is 2.31. The van der Waals surface area contributed by atoms with E-state index in [2.05, 4.69) is 24.1 Å². The van der Waals surface area contributed by atoms with E-state index in [1.807, 2.05) is 12.1 Å². The first-order valence-electron chi connectivity index (χ1n) is 7.86. The lowest BCUT2D eigenvalue weighted by molar-refractivity contribution is -0.136. The highest BCUT2D eigenvalue weighted by Crippen LogP contribution is 2.28. The van der Waals surface area contributed by atoms with Crippen LogP contribution in [-0.2, 0) is 16.1 Å². The Balaban J connectivity index is 1.80. The maximum absolute atomic E-state index is 12.5. The average molecular weight is 310 g/mol. The van der Waals surface area contributed by atoms with Crippen molar-refractivity contribution in [2.24, 2.45) is 0 Å². The molecule has 0 saturated carbocycles. The summed E-state index contributed by atoms with van der Waals surface area (Å²) in [6, 6.07) is 4.97. The first-order chi connectivity index (χ1) is 11.1. The highest BCUT2D eigenvalue weighted by molar-refractivity contribution is 6.05. The summed E-state index contributed by atoms with van der Waals surface area (Å²) in [5.74, 6) is 5.38. The quantitative estimate of drug-likeness (QED) is 0.666. The second kappa shape index (κ2) is 6.25. The molecule has 0 radical (unpaired) electrons. The molecule has 2 aliphatic heterocycles. The number of carbonyl (C=O) groups excluding carboxylic acids is 3. The van der Waals surface area contributed by atoms with Gasteiger partial charge < -0.3 is 4.90 Å². The minimum atomic E-state index is -0.567. The molecule has 1 N–H and O–H groups in total. The molecule has 2 aliphatic rings. The van der Waals surface area contributed by atoms with Crippen LogP contribution in [0, 0.1) is 11.8 Å². The molecular formula is C18H18N2O3. The van der Waals surface area contributed by atoms with Crippen molar-refractivity contribution in [3.05, 3.63) is 34.9 Å². The van der Waals surface area contributed by atoms with E-state index in [4.69, 9.17) is 0 Å². The third-order valence-corrected chi connectivity index (χ3v) is 4.13. The zero-order chi connectivity index (χ0) is 16.4. The minimum Gasteiger partial charge on any atom is -0.322 e. The summed E-state index contributed by atoms with van der Waals surface area (Å²) in [6.45, 7) is 2.47. The molecule has 23 heavy (non-hydrogen) atoms. The molecule has 1 saturated heterocycles. The fraction of sp³-hybridized carbons (Fsp3) is 0.389. The lowest BCUT2D eigenvalue weighted by Crippen LogP contribution is -2.52. The SMILES string of the molecule is CCCC#Cc1ccc2c(c1)CN(C1CCC(=O)NC1=O)C2=O. The van der Waals surface area contributed by atoms with Crippen LogP contribution >= 0.6 is 0 Å². The zero-order valence-electron chi connectivity index (χ0n) is 13.0. The second-order valence-electron chi connectivity index (χ2n) is 5.82. The number of rotatable bonds is 2. The predicted molar refractivity (Wildman–Crippen MR) is 84.3 cm³/mol. The fourth-order valence-corrected chi connectivity index (χ4v) is 2.94. The van der Waals surface area contributed by atoms with E-state index in [1.165, 1.54) is 0 Å². The summed E-state index contributed by atoms with van der Waals surface area (Å²) in [4.78, 5) is 37.3. The topological polar surface area (TPSA) is 66.5 Å². The number of benzene rings is 1. The first-order valence-corrected chi connectivity index (χ1v) is 7.86. The molecule has 0 spiro atoms. The number of nitrogens with one attached hydrogen (secondary N) is 1. The number of fused-ring (bicyclic) bond motifs is 1. The molecule has 3 amide bonds. The van der Waals surface area contributed by atoms with Crippen molar-refractivity contribution in [3.8, 4) is 11.8 Å². The van der Waals surface area contributed by atoms with Crippen molar-refractivity contribution in [2.45, 2.75) is 45.2 Å². The summed E-state index contributed by atoms with van der Waals surface area (Å²) >= 11 is 0. The normalized spacial score (nSPS) is 20.0. The Hall–Kier alpha value is -2.61. The van der Waals surface area contributed by atoms with Gasteiger partial charge >= 0.3 is 0 Å². The van der Waals surface area contributed by atoms with Gasteiger partial charge in [0, 0.05) is 30.5 Å². The monoisotopic (exact) mass is 310 g/mol. The van der Waals surface area contributed by atoms with Crippen molar-refractivity contribution in [1.82, 2.24) is 10.2 Å². The number of amides is 3. The van der Waals surface area contributed by atoms with E-state index < -0.39 is 6.04 Å². The number of carbonyl (C=O) groups is 3. The van der Waals surface area contributed by atoms with Crippen LogP contribution in [0.1, 0.15) is 54.1 Å². The van der Waals surface area contributed by atoms with Crippen molar-refractivity contribution >= 4 is 17.7 Å². The maximum Gasteiger partial charge on any atom is 0.255 e. The molecule has 1 aromatic rings. The minimum absolute atomic E-state index is 0.150. The molecule has 0 aliphatic carbocycles. The highest BCUT2D eigenvalue weighted by Gasteiger charge is 2.38. The number of piperidine rings is 1. The third kappa shape index (κ3) is 2.98. The van der Waals surface area contributed by atoms with Crippen LogP contribution in [0.4, 0.5) is 0 Å². The Morgan fingerprint density at radius 2 is 2.13 bits per heavy atom. The van der Waals surface area contributed by atoms with E-state index in [-0.39, 0.29) is 24.1 Å². The Labute approximate surface area is 135 Å². The van der Waals surface area contributed by atoms with Gasteiger partial charge in [0.05, 0.1) is 0 Å². The van der Waals surface area contributed by atoms with Crippen molar-refractivity contribution in [2.75, 3.05) is 0 Å². The number of hydrogen-bond donors (Lipinski definition) is 1. The Bertz CT molecular complexity index is 742. The van der Waals surface area contributed by atoms with Gasteiger partial charge in [-0.25, -0.2) is 0 Å². The highest BCUT2D eigenvalue weighted by atomic mass is 16.2. The molecule has 3 rings (SSSR count). The van der Waals surface area contributed by atoms with E-state index >= 15 is 0 Å². The number of unbranched alkanes of at least 4 members (excludes halogenated alkanes) is 1. The Morgan fingerprint density at radius 1 is 1.30 bits per heavy atom. The molecule has 1 fully saturated rings. The molecule has 0 bridgehead atoms. The molecule has 1 atom stereocenters. The standard InChI is InChI=1S/C18H18N2O3/c1-2-3-4-5-12-6-7-14-13(10-12)11-20(18(14)23)15-8-9-16(21)19-17(15)22/h6-7,10,15H,2-3,8-9,11H2,1H3,(H,19,21,22). The average Bonchev–Trinajstić information content (AvgIpc) is 2.84. The first kappa shape index (κ1) is 15.3. The van der Waals surface area contributed by atoms with Gasteiger partial charge in [0.2, 0.25) is 11.8 Å². The van der Waals surface area contributed by atoms with Crippen LogP contribution < -0.4 is 5.32 Å². The van der Waals surface area contributed by atoms with Crippen LogP contribution in [-0.4, -0.2) is 28.7 Å². The zero-order valence-corrected chi connectivity index (χ0v) is 13.0. The third-order valence-electron chi connectivity index (χ3n) is 4.13.